The zero-order valence-electron chi connectivity index (χ0n) is 21.9. The standard InChI is InChI=1S/C27H25N3O9S/c1-28-10-8-16-17(12-30-39-27(33)21-20(40-30)7-6-19(34-2)24(21)35-3)22(31)25-23(37-14-38-25)18(16)13-36-26(32)15-5-4-9-29-11-15/h4-5,9,11,28,31H,8,10,12-14H2,1-3H3. The van der Waals surface area contributed by atoms with E-state index in [4.69, 9.17) is 28.5 Å². The van der Waals surface area contributed by atoms with Crippen LogP contribution in [-0.2, 0) is 29.1 Å². The van der Waals surface area contributed by atoms with Gasteiger partial charge in [0.15, 0.2) is 17.2 Å². The number of ether oxygens (including phenoxy) is 5. The van der Waals surface area contributed by atoms with Crippen LogP contribution in [0.4, 0.5) is 0 Å². The first-order valence-electron chi connectivity index (χ1n) is 12.1. The summed E-state index contributed by atoms with van der Waals surface area (Å²) in [6.45, 7) is 0.226. The van der Waals surface area contributed by atoms with Crippen LogP contribution in [0.25, 0.3) is 0 Å². The van der Waals surface area contributed by atoms with Crippen LogP contribution < -0.4 is 24.3 Å². The zero-order chi connectivity index (χ0) is 28.2. The van der Waals surface area contributed by atoms with Gasteiger partial charge in [0, 0.05) is 35.5 Å². The lowest BCUT2D eigenvalue weighted by Crippen LogP contribution is -2.27. The van der Waals surface area contributed by atoms with Gasteiger partial charge in [-0.1, -0.05) is 4.47 Å². The highest BCUT2D eigenvalue weighted by Crippen LogP contribution is 2.49. The molecule has 208 valence electrons. The number of carbonyl (C=O) groups is 2. The molecule has 3 aromatic rings. The summed E-state index contributed by atoms with van der Waals surface area (Å²) < 4.78 is 28.7. The number of fused-ring (bicyclic) bond motifs is 2. The maximum Gasteiger partial charge on any atom is 0.363 e. The number of likely N-dealkylation sites (N-methyl/N-ethyl adjacent to an activating group) is 1. The number of nitrogens with one attached hydrogen (secondary N) is 1. The summed E-state index contributed by atoms with van der Waals surface area (Å²) >= 11 is 1.08. The lowest BCUT2D eigenvalue weighted by Gasteiger charge is -2.27. The molecule has 0 saturated carbocycles. The quantitative estimate of drug-likeness (QED) is 0.275. The third-order valence-electron chi connectivity index (χ3n) is 6.21. The summed E-state index contributed by atoms with van der Waals surface area (Å²) in [4.78, 5) is 35.6. The van der Waals surface area contributed by atoms with E-state index in [1.165, 1.54) is 24.9 Å². The van der Waals surface area contributed by atoms with Gasteiger partial charge in [0.05, 0.1) is 31.2 Å². The number of rotatable bonds is 10. The minimum absolute atomic E-state index is 0.0386. The van der Waals surface area contributed by atoms with E-state index < -0.39 is 11.9 Å². The summed E-state index contributed by atoms with van der Waals surface area (Å²) in [6.07, 6.45) is 3.40. The second kappa shape index (κ2) is 11.8. The molecule has 0 unspecified atom stereocenters. The van der Waals surface area contributed by atoms with E-state index in [0.29, 0.717) is 45.9 Å². The number of hydrogen-bond acceptors (Lipinski definition) is 13. The summed E-state index contributed by atoms with van der Waals surface area (Å²) in [5.74, 6) is -0.589. The van der Waals surface area contributed by atoms with Gasteiger partial charge >= 0.3 is 11.9 Å². The Morgan fingerprint density at radius 2 is 2.02 bits per heavy atom. The number of phenols is 1. The molecule has 0 bridgehead atoms. The van der Waals surface area contributed by atoms with Gasteiger partial charge < -0.3 is 38.9 Å². The van der Waals surface area contributed by atoms with E-state index in [-0.39, 0.29) is 48.5 Å². The first kappa shape index (κ1) is 27.2. The highest BCUT2D eigenvalue weighted by atomic mass is 32.2. The van der Waals surface area contributed by atoms with Crippen molar-refractivity contribution in [3.05, 3.63) is 64.5 Å². The fourth-order valence-electron chi connectivity index (χ4n) is 4.35. The number of hydrogen-bond donors (Lipinski definition) is 2. The number of phenolic OH excluding ortho intramolecular Hbond substituents is 1. The van der Waals surface area contributed by atoms with E-state index in [1.54, 1.807) is 25.4 Å². The van der Waals surface area contributed by atoms with Crippen molar-refractivity contribution in [1.82, 2.24) is 14.8 Å². The number of carbonyl (C=O) groups excluding carboxylic acids is 2. The molecule has 0 aliphatic carbocycles. The molecule has 2 aliphatic rings. The zero-order valence-corrected chi connectivity index (χ0v) is 22.7. The Bertz CT molecular complexity index is 1430. The maximum atomic E-state index is 13.0. The number of aromatic hydroxyl groups is 1. The Labute approximate surface area is 234 Å². The number of pyridine rings is 1. The topological polar surface area (TPSA) is 138 Å². The molecule has 1 aromatic heterocycles. The molecular weight excluding hydrogens is 542 g/mol. The first-order valence-corrected chi connectivity index (χ1v) is 12.9. The van der Waals surface area contributed by atoms with Crippen LogP contribution in [0.3, 0.4) is 0 Å². The fourth-order valence-corrected chi connectivity index (χ4v) is 5.22. The van der Waals surface area contributed by atoms with Crippen LogP contribution in [0, 0.1) is 12.1 Å². The molecule has 2 aliphatic heterocycles. The molecule has 5 rings (SSSR count). The van der Waals surface area contributed by atoms with Crippen molar-refractivity contribution in [2.75, 3.05) is 34.6 Å². The summed E-state index contributed by atoms with van der Waals surface area (Å²) in [7, 11) is 4.64. The van der Waals surface area contributed by atoms with Gasteiger partial charge in [-0.15, -0.1) is 0 Å². The monoisotopic (exact) mass is 567 g/mol. The molecule has 0 fully saturated rings. The van der Waals surface area contributed by atoms with Crippen LogP contribution in [0.1, 0.15) is 37.4 Å². The smallest absolute Gasteiger partial charge is 0.363 e. The Kier molecular flexibility index (Phi) is 8.01. The molecule has 0 atom stereocenters. The number of nitrogens with zero attached hydrogens (tertiary/aromatic N) is 2. The predicted octanol–water partition coefficient (Wildman–Crippen LogP) is 2.85. The minimum Gasteiger partial charge on any atom is -0.504 e. The molecule has 0 spiro atoms. The molecule has 3 heterocycles. The van der Waals surface area contributed by atoms with Crippen molar-refractivity contribution in [2.24, 2.45) is 0 Å². The molecule has 0 radical (unpaired) electrons. The van der Waals surface area contributed by atoms with Crippen molar-refractivity contribution in [1.29, 1.82) is 0 Å². The van der Waals surface area contributed by atoms with Gasteiger partial charge in [-0.25, -0.2) is 9.59 Å². The number of esters is 1. The van der Waals surface area contributed by atoms with Gasteiger partial charge in [0.2, 0.25) is 18.3 Å². The molecule has 13 heteroatoms. The SMILES string of the molecule is CNCCc1c(CN2OC(=O)c3c(c#cc(OC)c3OC)S2)c(O)c2c(c1COC(=O)c1cccnc1)OCO2. The minimum atomic E-state index is -0.684. The lowest BCUT2D eigenvalue weighted by molar-refractivity contribution is -0.0456. The fraction of sp³-hybridized carbons (Fsp3) is 0.296. The van der Waals surface area contributed by atoms with E-state index in [9.17, 15) is 14.7 Å². The van der Waals surface area contributed by atoms with Gasteiger partial charge in [-0.05, 0) is 49.8 Å². The van der Waals surface area contributed by atoms with Crippen molar-refractivity contribution in [2.45, 2.75) is 24.5 Å². The van der Waals surface area contributed by atoms with Crippen LogP contribution in [0.15, 0.2) is 29.4 Å². The number of hydroxylamine groups is 1. The molecule has 40 heavy (non-hydrogen) atoms. The Hall–Kier alpha value is -4.38. The molecule has 2 N–H and O–H groups in total. The normalized spacial score (nSPS) is 13.7. The summed E-state index contributed by atoms with van der Waals surface area (Å²) in [5.41, 5.74) is 2.06. The number of benzene rings is 1. The van der Waals surface area contributed by atoms with Crippen LogP contribution in [0.2, 0.25) is 0 Å². The van der Waals surface area contributed by atoms with Crippen LogP contribution >= 0.6 is 11.9 Å². The maximum absolute atomic E-state index is 13.0. The van der Waals surface area contributed by atoms with Crippen molar-refractivity contribution in [3.63, 3.8) is 0 Å². The molecule has 0 amide bonds. The molecule has 2 aromatic carbocycles. The largest absolute Gasteiger partial charge is 0.504 e. The van der Waals surface area contributed by atoms with Gasteiger partial charge in [-0.2, -0.15) is 0 Å². The van der Waals surface area contributed by atoms with E-state index in [2.05, 4.69) is 22.4 Å². The third kappa shape index (κ3) is 5.12. The average molecular weight is 568 g/mol. The van der Waals surface area contributed by atoms with Crippen LogP contribution in [0.5, 0.6) is 28.7 Å². The van der Waals surface area contributed by atoms with E-state index >= 15 is 0 Å². The number of aromatic nitrogens is 1. The van der Waals surface area contributed by atoms with E-state index in [0.717, 1.165) is 11.9 Å². The van der Waals surface area contributed by atoms with Crippen molar-refractivity contribution < 1.29 is 43.2 Å². The third-order valence-corrected chi connectivity index (χ3v) is 7.11. The molecule has 0 saturated heterocycles. The Balaban J connectivity index is 1.49. The summed E-state index contributed by atoms with van der Waals surface area (Å²) in [6, 6.07) is 8.97. The van der Waals surface area contributed by atoms with Crippen LogP contribution in [-0.4, -0.2) is 61.1 Å². The van der Waals surface area contributed by atoms with Crippen molar-refractivity contribution in [3.8, 4) is 28.7 Å². The second-order valence-corrected chi connectivity index (χ2v) is 9.50. The lowest BCUT2D eigenvalue weighted by atomic mass is 9.95. The van der Waals surface area contributed by atoms with Gasteiger partial charge in [0.25, 0.3) is 0 Å². The highest BCUT2D eigenvalue weighted by molar-refractivity contribution is 7.97. The number of methoxy groups -OCH3 is 2. The second-order valence-electron chi connectivity index (χ2n) is 8.50. The van der Waals surface area contributed by atoms with Gasteiger partial charge in [0.1, 0.15) is 12.2 Å². The predicted molar refractivity (Wildman–Crippen MR) is 139 cm³/mol. The van der Waals surface area contributed by atoms with Crippen molar-refractivity contribution >= 4 is 23.9 Å². The first-order chi connectivity index (χ1) is 19.5. The summed E-state index contributed by atoms with van der Waals surface area (Å²) in [5, 5.41) is 14.3. The average Bonchev–Trinajstić information content (AvgIpc) is 3.47. The Morgan fingerprint density at radius 3 is 2.75 bits per heavy atom. The molecule has 12 nitrogen and oxygen atoms in total. The Morgan fingerprint density at radius 1 is 1.20 bits per heavy atom. The molecular formula is C27H25N3O9S. The van der Waals surface area contributed by atoms with Gasteiger partial charge in [-0.3, -0.25) is 4.98 Å². The highest BCUT2D eigenvalue weighted by Gasteiger charge is 2.35. The van der Waals surface area contributed by atoms with E-state index in [1.807, 2.05) is 0 Å².